The van der Waals surface area contributed by atoms with Crippen molar-refractivity contribution < 1.29 is 9.53 Å². The van der Waals surface area contributed by atoms with Gasteiger partial charge in [-0.25, -0.2) is 0 Å². The molecule has 1 aliphatic carbocycles. The van der Waals surface area contributed by atoms with Gasteiger partial charge >= 0.3 is 0 Å². The van der Waals surface area contributed by atoms with Gasteiger partial charge in [0.25, 0.3) is 0 Å². The highest BCUT2D eigenvalue weighted by molar-refractivity contribution is 5.93. The summed E-state index contributed by atoms with van der Waals surface area (Å²) in [5.41, 5.74) is 8.03. The van der Waals surface area contributed by atoms with E-state index in [-0.39, 0.29) is 23.5 Å². The highest BCUT2D eigenvalue weighted by Crippen LogP contribution is 2.46. The summed E-state index contributed by atoms with van der Waals surface area (Å²) in [5, 5.41) is 3.05. The third-order valence-electron chi connectivity index (χ3n) is 4.96. The van der Waals surface area contributed by atoms with Crippen molar-refractivity contribution in [1.82, 2.24) is 0 Å². The normalized spacial score (nSPS) is 31.1. The maximum absolute atomic E-state index is 12.4. The smallest absolute Gasteiger partial charge is 0.227 e. The SMILES string of the molecule is CC(C)c1cccc(NC(=O)C2CC3(CC(N)CCO3)C2)c1. The van der Waals surface area contributed by atoms with Crippen LogP contribution < -0.4 is 11.1 Å². The molecule has 22 heavy (non-hydrogen) atoms. The van der Waals surface area contributed by atoms with Crippen molar-refractivity contribution in [1.29, 1.82) is 0 Å². The fraction of sp³-hybridized carbons (Fsp3) is 0.611. The third-order valence-corrected chi connectivity index (χ3v) is 4.96. The van der Waals surface area contributed by atoms with Gasteiger partial charge in [0.2, 0.25) is 5.91 Å². The van der Waals surface area contributed by atoms with Crippen LogP contribution in [0.5, 0.6) is 0 Å². The second-order valence-corrected chi connectivity index (χ2v) is 7.16. The molecule has 1 saturated heterocycles. The van der Waals surface area contributed by atoms with Crippen molar-refractivity contribution in [3.05, 3.63) is 29.8 Å². The van der Waals surface area contributed by atoms with Crippen LogP contribution in [0.15, 0.2) is 24.3 Å². The van der Waals surface area contributed by atoms with E-state index in [1.165, 1.54) is 5.56 Å². The fourth-order valence-electron chi connectivity index (χ4n) is 3.59. The van der Waals surface area contributed by atoms with Gasteiger partial charge in [0.1, 0.15) is 0 Å². The number of carbonyl (C=O) groups is 1. The zero-order valence-electron chi connectivity index (χ0n) is 13.5. The summed E-state index contributed by atoms with van der Waals surface area (Å²) in [6.07, 6.45) is 3.42. The Morgan fingerprint density at radius 3 is 2.82 bits per heavy atom. The van der Waals surface area contributed by atoms with Crippen LogP contribution in [-0.2, 0) is 9.53 Å². The van der Waals surface area contributed by atoms with Gasteiger partial charge in [-0.15, -0.1) is 0 Å². The molecule has 1 unspecified atom stereocenters. The number of hydrogen-bond acceptors (Lipinski definition) is 3. The van der Waals surface area contributed by atoms with Crippen molar-refractivity contribution >= 4 is 11.6 Å². The van der Waals surface area contributed by atoms with Crippen LogP contribution in [0.3, 0.4) is 0 Å². The molecule has 3 N–H and O–H groups in total. The molecule has 120 valence electrons. The molecule has 1 amide bonds. The second kappa shape index (κ2) is 6.01. The zero-order valence-corrected chi connectivity index (χ0v) is 13.5. The Bertz CT molecular complexity index is 550. The molecule has 1 saturated carbocycles. The Morgan fingerprint density at radius 1 is 1.36 bits per heavy atom. The Hall–Kier alpha value is -1.39. The number of nitrogens with two attached hydrogens (primary N) is 1. The van der Waals surface area contributed by atoms with E-state index in [0.717, 1.165) is 38.0 Å². The molecule has 1 aromatic rings. The van der Waals surface area contributed by atoms with Crippen LogP contribution in [0.25, 0.3) is 0 Å². The van der Waals surface area contributed by atoms with Crippen LogP contribution in [-0.4, -0.2) is 24.2 Å². The number of benzene rings is 1. The first-order chi connectivity index (χ1) is 10.5. The molecular formula is C18H26N2O2. The zero-order chi connectivity index (χ0) is 15.7. The lowest BCUT2D eigenvalue weighted by Gasteiger charge is -2.50. The minimum Gasteiger partial charge on any atom is -0.375 e. The van der Waals surface area contributed by atoms with Gasteiger partial charge < -0.3 is 15.8 Å². The summed E-state index contributed by atoms with van der Waals surface area (Å²) in [6.45, 7) is 5.03. The first-order valence-electron chi connectivity index (χ1n) is 8.28. The molecule has 0 radical (unpaired) electrons. The topological polar surface area (TPSA) is 64.4 Å². The van der Waals surface area contributed by atoms with E-state index in [9.17, 15) is 4.79 Å². The minimum absolute atomic E-state index is 0.0491. The molecule has 1 atom stereocenters. The first-order valence-corrected chi connectivity index (χ1v) is 8.28. The van der Waals surface area contributed by atoms with Gasteiger partial charge in [0, 0.05) is 24.3 Å². The number of rotatable bonds is 3. The van der Waals surface area contributed by atoms with Gasteiger partial charge in [-0.3, -0.25) is 4.79 Å². The van der Waals surface area contributed by atoms with Crippen LogP contribution in [0.2, 0.25) is 0 Å². The number of carbonyl (C=O) groups excluding carboxylic acids is 1. The second-order valence-electron chi connectivity index (χ2n) is 7.16. The summed E-state index contributed by atoms with van der Waals surface area (Å²) in [6, 6.07) is 8.32. The van der Waals surface area contributed by atoms with Gasteiger partial charge in [-0.2, -0.15) is 0 Å². The lowest BCUT2D eigenvalue weighted by atomic mass is 9.66. The summed E-state index contributed by atoms with van der Waals surface area (Å²) in [4.78, 5) is 12.4. The van der Waals surface area contributed by atoms with Crippen molar-refractivity contribution in [3.63, 3.8) is 0 Å². The number of ether oxygens (including phenoxy) is 1. The summed E-state index contributed by atoms with van der Waals surface area (Å²) in [7, 11) is 0. The average Bonchev–Trinajstić information content (AvgIpc) is 2.44. The monoisotopic (exact) mass is 302 g/mol. The largest absolute Gasteiger partial charge is 0.375 e. The maximum Gasteiger partial charge on any atom is 0.227 e. The molecule has 0 bridgehead atoms. The number of nitrogens with one attached hydrogen (secondary N) is 1. The minimum atomic E-state index is -0.126. The van der Waals surface area contributed by atoms with E-state index < -0.39 is 0 Å². The van der Waals surface area contributed by atoms with Gasteiger partial charge in [-0.05, 0) is 49.3 Å². The lowest BCUT2D eigenvalue weighted by Crippen LogP contribution is -2.55. The Balaban J connectivity index is 1.57. The summed E-state index contributed by atoms with van der Waals surface area (Å²) >= 11 is 0. The first kappa shape index (κ1) is 15.5. The van der Waals surface area contributed by atoms with E-state index in [0.29, 0.717) is 5.92 Å². The molecule has 1 aromatic carbocycles. The van der Waals surface area contributed by atoms with Gasteiger partial charge in [0.15, 0.2) is 0 Å². The lowest BCUT2D eigenvalue weighted by molar-refractivity contribution is -0.166. The van der Waals surface area contributed by atoms with E-state index in [1.807, 2.05) is 12.1 Å². The van der Waals surface area contributed by atoms with Crippen LogP contribution in [0, 0.1) is 5.92 Å². The highest BCUT2D eigenvalue weighted by atomic mass is 16.5. The van der Waals surface area contributed by atoms with Crippen molar-refractivity contribution in [3.8, 4) is 0 Å². The summed E-state index contributed by atoms with van der Waals surface area (Å²) in [5.74, 6) is 0.614. The molecular weight excluding hydrogens is 276 g/mol. The molecule has 1 spiro atoms. The Morgan fingerprint density at radius 2 is 2.14 bits per heavy atom. The average molecular weight is 302 g/mol. The molecule has 0 aromatic heterocycles. The Labute approximate surface area is 132 Å². The van der Waals surface area contributed by atoms with Gasteiger partial charge in [-0.1, -0.05) is 26.0 Å². The van der Waals surface area contributed by atoms with E-state index >= 15 is 0 Å². The molecule has 2 aliphatic rings. The van der Waals surface area contributed by atoms with Crippen LogP contribution >= 0.6 is 0 Å². The fourth-order valence-corrected chi connectivity index (χ4v) is 3.59. The number of amides is 1. The molecule has 1 heterocycles. The molecule has 3 rings (SSSR count). The Kier molecular flexibility index (Phi) is 4.24. The highest BCUT2D eigenvalue weighted by Gasteiger charge is 2.50. The van der Waals surface area contributed by atoms with Crippen LogP contribution in [0.4, 0.5) is 5.69 Å². The van der Waals surface area contributed by atoms with Gasteiger partial charge in [0.05, 0.1) is 5.60 Å². The molecule has 1 aliphatic heterocycles. The maximum atomic E-state index is 12.4. The molecule has 4 heteroatoms. The third kappa shape index (κ3) is 3.18. The van der Waals surface area contributed by atoms with Crippen LogP contribution in [0.1, 0.15) is 51.0 Å². The predicted octanol–water partition coefficient (Wildman–Crippen LogP) is 3.04. The van der Waals surface area contributed by atoms with Crippen molar-refractivity contribution in [2.45, 2.75) is 57.1 Å². The van der Waals surface area contributed by atoms with Crippen molar-refractivity contribution in [2.24, 2.45) is 11.7 Å². The molecule has 2 fully saturated rings. The van der Waals surface area contributed by atoms with E-state index in [2.05, 4.69) is 31.3 Å². The standard InChI is InChI=1S/C18H26N2O2/c1-12(2)13-4-3-5-16(8-13)20-17(21)14-9-18(10-14)11-15(19)6-7-22-18/h3-5,8,12,14-15H,6-7,9-11,19H2,1-2H3,(H,20,21). The van der Waals surface area contributed by atoms with Crippen molar-refractivity contribution in [2.75, 3.05) is 11.9 Å². The predicted molar refractivity (Wildman–Crippen MR) is 87.8 cm³/mol. The number of anilines is 1. The van der Waals surface area contributed by atoms with E-state index in [4.69, 9.17) is 10.5 Å². The molecule has 4 nitrogen and oxygen atoms in total. The van der Waals surface area contributed by atoms with E-state index in [1.54, 1.807) is 0 Å². The number of hydrogen-bond donors (Lipinski definition) is 2. The summed E-state index contributed by atoms with van der Waals surface area (Å²) < 4.78 is 5.89. The quantitative estimate of drug-likeness (QED) is 0.902.